The zero-order chi connectivity index (χ0) is 6.78. The predicted molar refractivity (Wildman–Crippen MR) is 34.7 cm³/mol. The molecule has 0 unspecified atom stereocenters. The molecule has 0 atom stereocenters. The Labute approximate surface area is 49.0 Å². The molecular formula is C5H9O2P. The predicted octanol–water partition coefficient (Wildman–Crippen LogP) is 1.32. The Kier molecular flexibility index (Phi) is 2.17. The van der Waals surface area contributed by atoms with Crippen molar-refractivity contribution in [2.24, 2.45) is 0 Å². The van der Waals surface area contributed by atoms with Gasteiger partial charge in [-0.05, 0) is 13.3 Å². The first-order valence-electron chi connectivity index (χ1n) is 2.18. The van der Waals surface area contributed by atoms with Crippen molar-refractivity contribution in [1.29, 1.82) is 0 Å². The van der Waals surface area contributed by atoms with Crippen LogP contribution in [0.15, 0.2) is 11.9 Å². The molecule has 0 aromatic carbocycles. The lowest BCUT2D eigenvalue weighted by Gasteiger charge is -2.00. The molecule has 0 N–H and O–H groups in total. The highest BCUT2D eigenvalue weighted by Gasteiger charge is 2.09. The summed E-state index contributed by atoms with van der Waals surface area (Å²) in [6, 6.07) is 0. The van der Waals surface area contributed by atoms with Crippen molar-refractivity contribution < 1.29 is 9.36 Å². The number of carbonyl (C=O) groups is 1. The van der Waals surface area contributed by atoms with Gasteiger partial charge >= 0.3 is 0 Å². The Morgan fingerprint density at radius 2 is 2.00 bits per heavy atom. The molecule has 0 fully saturated rings. The molecule has 0 heterocycles. The fourth-order valence-electron chi connectivity index (χ4n) is 0.127. The van der Waals surface area contributed by atoms with Crippen LogP contribution in [-0.4, -0.2) is 19.6 Å². The molecule has 0 rings (SSSR count). The van der Waals surface area contributed by atoms with E-state index in [1.165, 1.54) is 13.3 Å². The smallest absolute Gasteiger partial charge is 0.152 e. The zero-order valence-corrected chi connectivity index (χ0v) is 5.94. The van der Waals surface area contributed by atoms with Crippen LogP contribution in [0, 0.1) is 0 Å². The van der Waals surface area contributed by atoms with Crippen LogP contribution in [0.25, 0.3) is 0 Å². The third-order valence-corrected chi connectivity index (χ3v) is 2.32. The maximum atomic E-state index is 10.8. The lowest BCUT2D eigenvalue weighted by molar-refractivity contribution is -0.104. The summed E-state index contributed by atoms with van der Waals surface area (Å²) in [7, 11) is -2.32. The van der Waals surface area contributed by atoms with Crippen LogP contribution in [-0.2, 0) is 9.36 Å². The first kappa shape index (κ1) is 7.64. The normalized spacial score (nSPS) is 10.8. The quantitative estimate of drug-likeness (QED) is 0.322. The maximum absolute atomic E-state index is 10.8. The van der Waals surface area contributed by atoms with Gasteiger partial charge in [0.2, 0.25) is 0 Å². The lowest BCUT2D eigenvalue weighted by Crippen LogP contribution is -1.80. The Balaban J connectivity index is 4.26. The summed E-state index contributed by atoms with van der Waals surface area (Å²) in [5, 5.41) is 0.206. The Bertz CT molecular complexity index is 154. The van der Waals surface area contributed by atoms with Gasteiger partial charge in [-0.2, -0.15) is 0 Å². The molecule has 0 radical (unpaired) electrons. The molecule has 46 valence electrons. The lowest BCUT2D eigenvalue weighted by atomic mass is 10.7. The van der Waals surface area contributed by atoms with Gasteiger partial charge in [0.15, 0.2) is 6.29 Å². The van der Waals surface area contributed by atoms with E-state index in [0.717, 1.165) is 0 Å². The molecule has 0 saturated carbocycles. The fourth-order valence-corrected chi connectivity index (χ4v) is 0.381. The van der Waals surface area contributed by atoms with Crippen LogP contribution in [0.1, 0.15) is 0 Å². The second kappa shape index (κ2) is 2.27. The largest absolute Gasteiger partial charge is 0.319 e. The molecule has 0 aliphatic heterocycles. The van der Waals surface area contributed by atoms with Gasteiger partial charge in [0, 0.05) is 5.31 Å². The minimum absolute atomic E-state index is 0.206. The van der Waals surface area contributed by atoms with E-state index in [0.29, 0.717) is 6.29 Å². The molecule has 8 heavy (non-hydrogen) atoms. The van der Waals surface area contributed by atoms with Gasteiger partial charge in [-0.3, -0.25) is 4.79 Å². The summed E-state index contributed by atoms with van der Waals surface area (Å²) >= 11 is 0. The van der Waals surface area contributed by atoms with Gasteiger partial charge in [0.1, 0.15) is 7.14 Å². The van der Waals surface area contributed by atoms with Crippen LogP contribution in [0.2, 0.25) is 0 Å². The van der Waals surface area contributed by atoms with Crippen molar-refractivity contribution >= 4 is 13.4 Å². The molecule has 0 aliphatic rings. The number of carbonyl (C=O) groups excluding carboxylic acids is 1. The molecule has 0 spiro atoms. The molecule has 2 nitrogen and oxygen atoms in total. The first-order valence-corrected chi connectivity index (χ1v) is 4.78. The molecule has 0 aromatic heterocycles. The van der Waals surface area contributed by atoms with Crippen LogP contribution < -0.4 is 0 Å². The van der Waals surface area contributed by atoms with Crippen molar-refractivity contribution in [3.05, 3.63) is 11.9 Å². The minimum atomic E-state index is -2.32. The van der Waals surface area contributed by atoms with Crippen LogP contribution in [0.5, 0.6) is 0 Å². The monoisotopic (exact) mass is 132 g/mol. The fraction of sp³-hybridized carbons (Fsp3) is 0.400. The first-order chi connectivity index (χ1) is 3.48. The number of allylic oxidation sites excluding steroid dienone is 1. The Morgan fingerprint density at radius 3 is 2.00 bits per heavy atom. The zero-order valence-electron chi connectivity index (χ0n) is 5.05. The highest BCUT2D eigenvalue weighted by atomic mass is 31.2. The number of hydrogen-bond acceptors (Lipinski definition) is 2. The summed E-state index contributed by atoms with van der Waals surface area (Å²) in [5.41, 5.74) is 0. The summed E-state index contributed by atoms with van der Waals surface area (Å²) in [6.45, 7) is 6.35. The molecule has 0 aliphatic carbocycles. The number of aldehydes is 1. The van der Waals surface area contributed by atoms with E-state index < -0.39 is 7.14 Å². The highest BCUT2D eigenvalue weighted by molar-refractivity contribution is 7.67. The van der Waals surface area contributed by atoms with Crippen LogP contribution in [0.4, 0.5) is 0 Å². The van der Waals surface area contributed by atoms with Gasteiger partial charge in [-0.25, -0.2) is 0 Å². The topological polar surface area (TPSA) is 34.1 Å². The summed E-state index contributed by atoms with van der Waals surface area (Å²) in [5.74, 6) is 0. The van der Waals surface area contributed by atoms with Crippen molar-refractivity contribution in [1.82, 2.24) is 0 Å². The van der Waals surface area contributed by atoms with Crippen molar-refractivity contribution in [2.45, 2.75) is 0 Å². The van der Waals surface area contributed by atoms with Gasteiger partial charge in [-0.15, -0.1) is 0 Å². The molecule has 0 saturated heterocycles. The molecule has 0 amide bonds. The van der Waals surface area contributed by atoms with E-state index in [1.54, 1.807) is 0 Å². The second-order valence-corrected chi connectivity index (χ2v) is 5.24. The molecule has 3 heteroatoms. The van der Waals surface area contributed by atoms with Crippen LogP contribution >= 0.6 is 7.14 Å². The molecule has 0 aromatic rings. The van der Waals surface area contributed by atoms with Gasteiger partial charge < -0.3 is 4.57 Å². The van der Waals surface area contributed by atoms with Gasteiger partial charge in [-0.1, -0.05) is 6.58 Å². The van der Waals surface area contributed by atoms with Crippen molar-refractivity contribution in [3.63, 3.8) is 0 Å². The van der Waals surface area contributed by atoms with Crippen LogP contribution in [0.3, 0.4) is 0 Å². The van der Waals surface area contributed by atoms with Gasteiger partial charge in [0.05, 0.1) is 0 Å². The molecular weight excluding hydrogens is 123 g/mol. The molecule has 0 bridgehead atoms. The summed E-state index contributed by atoms with van der Waals surface area (Å²) in [6.07, 6.45) is 0.542. The maximum Gasteiger partial charge on any atom is 0.152 e. The number of rotatable bonds is 2. The van der Waals surface area contributed by atoms with E-state index in [4.69, 9.17) is 0 Å². The van der Waals surface area contributed by atoms with E-state index in [-0.39, 0.29) is 5.31 Å². The van der Waals surface area contributed by atoms with Crippen molar-refractivity contribution in [3.8, 4) is 0 Å². The highest BCUT2D eigenvalue weighted by Crippen LogP contribution is 2.43. The number of hydrogen-bond donors (Lipinski definition) is 0. The standard InChI is InChI=1S/C5H9O2P/c1-5(4-6)8(2,3)7/h4H,1H2,2-3H3. The summed E-state index contributed by atoms with van der Waals surface area (Å²) < 4.78 is 10.8. The summed E-state index contributed by atoms with van der Waals surface area (Å²) in [4.78, 5) is 9.88. The minimum Gasteiger partial charge on any atom is -0.319 e. The van der Waals surface area contributed by atoms with E-state index in [9.17, 15) is 9.36 Å². The Morgan fingerprint density at radius 1 is 1.62 bits per heavy atom. The van der Waals surface area contributed by atoms with Gasteiger partial charge in [0.25, 0.3) is 0 Å². The van der Waals surface area contributed by atoms with Crippen molar-refractivity contribution in [2.75, 3.05) is 13.3 Å². The van der Waals surface area contributed by atoms with E-state index >= 15 is 0 Å². The average molecular weight is 132 g/mol. The second-order valence-electron chi connectivity index (χ2n) is 1.96. The van der Waals surface area contributed by atoms with E-state index in [1.807, 2.05) is 0 Å². The third kappa shape index (κ3) is 2.08. The Hall–Kier alpha value is -0.360. The SMILES string of the molecule is C=C(C=O)P(C)(C)=O. The van der Waals surface area contributed by atoms with E-state index in [2.05, 4.69) is 6.58 Å². The average Bonchev–Trinajstić information content (AvgIpc) is 1.62. The third-order valence-electron chi connectivity index (χ3n) is 0.828.